The number of nitrogens with one attached hydrogen (secondary N) is 2. The fourth-order valence-electron chi connectivity index (χ4n) is 4.06. The first-order chi connectivity index (χ1) is 12.3. The summed E-state index contributed by atoms with van der Waals surface area (Å²) >= 11 is 0. The predicted molar refractivity (Wildman–Crippen MR) is 97.2 cm³/mol. The second-order valence-corrected chi connectivity index (χ2v) is 7.53. The van der Waals surface area contributed by atoms with Crippen molar-refractivity contribution >= 4 is 11.8 Å². The summed E-state index contributed by atoms with van der Waals surface area (Å²) < 4.78 is 6.22. The zero-order chi connectivity index (χ0) is 18.9. The largest absolute Gasteiger partial charge is 0.370 e. The van der Waals surface area contributed by atoms with Gasteiger partial charge in [-0.15, -0.1) is 0 Å². The van der Waals surface area contributed by atoms with Gasteiger partial charge in [-0.05, 0) is 51.2 Å². The van der Waals surface area contributed by atoms with Crippen molar-refractivity contribution in [3.05, 3.63) is 33.2 Å². The molecule has 2 aliphatic rings. The first kappa shape index (κ1) is 18.6. The molecule has 2 amide bonds. The van der Waals surface area contributed by atoms with Gasteiger partial charge in [0, 0.05) is 32.3 Å². The van der Waals surface area contributed by atoms with Crippen molar-refractivity contribution in [3.63, 3.8) is 0 Å². The van der Waals surface area contributed by atoms with Crippen LogP contribution in [-0.4, -0.2) is 53.0 Å². The average molecular weight is 361 g/mol. The summed E-state index contributed by atoms with van der Waals surface area (Å²) in [6.07, 6.45) is 3.44. The SMILES string of the molecule is CC(=O)NC[C@H]1CCC2(CCN(C(=O)c3c(C)cc(C)[nH]c3=O)CC2)O1. The van der Waals surface area contributed by atoms with E-state index in [-0.39, 0.29) is 34.6 Å². The molecule has 1 aromatic heterocycles. The quantitative estimate of drug-likeness (QED) is 0.848. The molecule has 3 heterocycles. The Hall–Kier alpha value is -2.15. The summed E-state index contributed by atoms with van der Waals surface area (Å²) in [7, 11) is 0. The van der Waals surface area contributed by atoms with Gasteiger partial charge < -0.3 is 19.9 Å². The van der Waals surface area contributed by atoms with Crippen molar-refractivity contribution in [3.8, 4) is 0 Å². The Morgan fingerprint density at radius 1 is 1.31 bits per heavy atom. The minimum atomic E-state index is -0.319. The van der Waals surface area contributed by atoms with Crippen LogP contribution in [0.3, 0.4) is 0 Å². The number of carbonyl (C=O) groups excluding carboxylic acids is 2. The van der Waals surface area contributed by atoms with Crippen molar-refractivity contribution in [1.29, 1.82) is 0 Å². The van der Waals surface area contributed by atoms with Crippen LogP contribution >= 0.6 is 0 Å². The number of aromatic amines is 1. The first-order valence-corrected chi connectivity index (χ1v) is 9.22. The maximum absolute atomic E-state index is 12.8. The summed E-state index contributed by atoms with van der Waals surface area (Å²) in [4.78, 5) is 40.5. The molecule has 0 saturated carbocycles. The van der Waals surface area contributed by atoms with E-state index in [9.17, 15) is 14.4 Å². The first-order valence-electron chi connectivity index (χ1n) is 9.22. The molecule has 0 bridgehead atoms. The van der Waals surface area contributed by atoms with Crippen LogP contribution in [0.1, 0.15) is 54.2 Å². The number of hydrogen-bond donors (Lipinski definition) is 2. The van der Waals surface area contributed by atoms with Gasteiger partial charge in [-0.2, -0.15) is 0 Å². The molecule has 1 aromatic rings. The van der Waals surface area contributed by atoms with Crippen molar-refractivity contribution in [1.82, 2.24) is 15.2 Å². The molecule has 7 nitrogen and oxygen atoms in total. The molecule has 0 aliphatic carbocycles. The van der Waals surface area contributed by atoms with Crippen molar-refractivity contribution in [2.24, 2.45) is 0 Å². The summed E-state index contributed by atoms with van der Waals surface area (Å²) in [5, 5.41) is 2.81. The van der Waals surface area contributed by atoms with Crippen LogP contribution in [0.25, 0.3) is 0 Å². The van der Waals surface area contributed by atoms with Crippen LogP contribution in [0.5, 0.6) is 0 Å². The number of hydrogen-bond acceptors (Lipinski definition) is 4. The smallest absolute Gasteiger partial charge is 0.261 e. The average Bonchev–Trinajstić information content (AvgIpc) is 2.95. The number of likely N-dealkylation sites (tertiary alicyclic amines) is 1. The van der Waals surface area contributed by atoms with Crippen LogP contribution in [0.4, 0.5) is 0 Å². The summed E-state index contributed by atoms with van der Waals surface area (Å²) in [6.45, 7) is 6.81. The van der Waals surface area contributed by atoms with Gasteiger partial charge in [0.25, 0.3) is 11.5 Å². The van der Waals surface area contributed by atoms with Crippen molar-refractivity contribution < 1.29 is 14.3 Å². The van der Waals surface area contributed by atoms with Gasteiger partial charge in [0.1, 0.15) is 5.56 Å². The molecule has 2 fully saturated rings. The lowest BCUT2D eigenvalue weighted by atomic mass is 9.88. The van der Waals surface area contributed by atoms with Crippen LogP contribution in [0.2, 0.25) is 0 Å². The van der Waals surface area contributed by atoms with Crippen molar-refractivity contribution in [2.45, 2.75) is 58.2 Å². The van der Waals surface area contributed by atoms with Crippen LogP contribution in [-0.2, 0) is 9.53 Å². The monoisotopic (exact) mass is 361 g/mol. The molecule has 0 unspecified atom stereocenters. The number of aryl methyl sites for hydroxylation is 2. The minimum absolute atomic E-state index is 0.0448. The van der Waals surface area contributed by atoms with E-state index in [0.29, 0.717) is 25.2 Å². The van der Waals surface area contributed by atoms with E-state index in [2.05, 4.69) is 10.3 Å². The van der Waals surface area contributed by atoms with E-state index in [4.69, 9.17) is 4.74 Å². The number of pyridine rings is 1. The molecular weight excluding hydrogens is 334 g/mol. The van der Waals surface area contributed by atoms with Crippen LogP contribution in [0.15, 0.2) is 10.9 Å². The number of H-pyrrole nitrogens is 1. The fraction of sp³-hybridized carbons (Fsp3) is 0.632. The normalized spacial score (nSPS) is 21.8. The number of carbonyl (C=O) groups is 2. The van der Waals surface area contributed by atoms with Gasteiger partial charge in [-0.3, -0.25) is 14.4 Å². The van der Waals surface area contributed by atoms with E-state index in [1.807, 2.05) is 13.0 Å². The Balaban J connectivity index is 1.62. The highest BCUT2D eigenvalue weighted by Crippen LogP contribution is 2.38. The summed E-state index contributed by atoms with van der Waals surface area (Å²) in [6, 6.07) is 1.83. The molecular formula is C19H27N3O4. The summed E-state index contributed by atoms with van der Waals surface area (Å²) in [5.74, 6) is -0.250. The molecule has 0 radical (unpaired) electrons. The maximum atomic E-state index is 12.8. The number of nitrogens with zero attached hydrogens (tertiary/aromatic N) is 1. The third-order valence-electron chi connectivity index (χ3n) is 5.46. The molecule has 142 valence electrons. The second kappa shape index (κ2) is 7.23. The van der Waals surface area contributed by atoms with Gasteiger partial charge in [0.05, 0.1) is 11.7 Å². The lowest BCUT2D eigenvalue weighted by Gasteiger charge is -2.39. The van der Waals surface area contributed by atoms with Gasteiger partial charge in [-0.25, -0.2) is 0 Å². The Morgan fingerprint density at radius 3 is 2.62 bits per heavy atom. The molecule has 1 atom stereocenters. The predicted octanol–water partition coefficient (Wildman–Crippen LogP) is 1.28. The maximum Gasteiger partial charge on any atom is 0.261 e. The molecule has 2 saturated heterocycles. The van der Waals surface area contributed by atoms with E-state index >= 15 is 0 Å². The van der Waals surface area contributed by atoms with E-state index in [1.165, 1.54) is 6.92 Å². The minimum Gasteiger partial charge on any atom is -0.370 e. The Morgan fingerprint density at radius 2 is 2.00 bits per heavy atom. The molecule has 3 rings (SSSR count). The molecule has 1 spiro atoms. The Labute approximate surface area is 153 Å². The third-order valence-corrected chi connectivity index (χ3v) is 5.46. The molecule has 0 aromatic carbocycles. The Kier molecular flexibility index (Phi) is 5.18. The summed E-state index contributed by atoms with van der Waals surface area (Å²) in [5.41, 5.74) is 1.19. The number of rotatable bonds is 3. The topological polar surface area (TPSA) is 91.5 Å². The van der Waals surface area contributed by atoms with Gasteiger partial charge in [0.15, 0.2) is 0 Å². The van der Waals surface area contributed by atoms with E-state index in [1.54, 1.807) is 11.8 Å². The van der Waals surface area contributed by atoms with Gasteiger partial charge in [0.2, 0.25) is 5.91 Å². The zero-order valence-electron chi connectivity index (χ0n) is 15.7. The van der Waals surface area contributed by atoms with E-state index < -0.39 is 0 Å². The molecule has 2 aliphatic heterocycles. The lowest BCUT2D eigenvalue weighted by molar-refractivity contribution is -0.120. The molecule has 2 N–H and O–H groups in total. The van der Waals surface area contributed by atoms with Crippen LogP contribution < -0.4 is 10.9 Å². The van der Waals surface area contributed by atoms with Crippen LogP contribution in [0, 0.1) is 13.8 Å². The number of amides is 2. The van der Waals surface area contributed by atoms with E-state index in [0.717, 1.165) is 31.4 Å². The number of ether oxygens (including phenoxy) is 1. The standard InChI is InChI=1S/C19H27N3O4/c1-12-10-13(2)21-17(24)16(12)18(25)22-8-6-19(7-9-22)5-4-15(26-19)11-20-14(3)23/h10,15H,4-9,11H2,1-3H3,(H,20,23)(H,21,24)/t15-/m1/s1. The van der Waals surface area contributed by atoms with Crippen molar-refractivity contribution in [2.75, 3.05) is 19.6 Å². The van der Waals surface area contributed by atoms with Gasteiger partial charge >= 0.3 is 0 Å². The molecule has 26 heavy (non-hydrogen) atoms. The number of aromatic nitrogens is 1. The highest BCUT2D eigenvalue weighted by molar-refractivity contribution is 5.95. The molecule has 7 heteroatoms. The highest BCUT2D eigenvalue weighted by atomic mass is 16.5. The number of piperidine rings is 1. The lowest BCUT2D eigenvalue weighted by Crippen LogP contribution is -2.48. The second-order valence-electron chi connectivity index (χ2n) is 7.53. The van der Waals surface area contributed by atoms with Gasteiger partial charge in [-0.1, -0.05) is 0 Å². The zero-order valence-corrected chi connectivity index (χ0v) is 15.7. The Bertz CT molecular complexity index is 763. The fourth-order valence-corrected chi connectivity index (χ4v) is 4.06. The highest BCUT2D eigenvalue weighted by Gasteiger charge is 2.43. The third kappa shape index (κ3) is 3.82.